The first-order chi connectivity index (χ1) is 11.8. The van der Waals surface area contributed by atoms with Gasteiger partial charge in [0.2, 0.25) is 0 Å². The summed E-state index contributed by atoms with van der Waals surface area (Å²) >= 11 is 0. The molecule has 0 saturated heterocycles. The zero-order valence-corrected chi connectivity index (χ0v) is 16.9. The van der Waals surface area contributed by atoms with Gasteiger partial charge < -0.3 is 4.74 Å². The van der Waals surface area contributed by atoms with Gasteiger partial charge >= 0.3 is 5.97 Å². The number of carbonyl (C=O) groups is 1. The van der Waals surface area contributed by atoms with Crippen LogP contribution in [0.15, 0.2) is 59.3 Å². The number of carbonyl (C=O) groups excluding carboxylic acids is 1. The van der Waals surface area contributed by atoms with E-state index in [0.29, 0.717) is 6.61 Å². The van der Waals surface area contributed by atoms with Crippen LogP contribution in [0.3, 0.4) is 0 Å². The standard InChI is InChI=1S/C23H36O2/c1-7-23(24)25-18-17-22(6)16-10-15-21(5)14-9-13-20(4)12-8-11-19(2)3/h7,11,13,15,17H,1,8-10,12,14,16,18H2,2-6H3/b20-13+,21-15+,22-17+. The van der Waals surface area contributed by atoms with Crippen LogP contribution in [-0.2, 0) is 9.53 Å². The summed E-state index contributed by atoms with van der Waals surface area (Å²) in [5, 5.41) is 0. The van der Waals surface area contributed by atoms with Crippen LogP contribution in [0.1, 0.15) is 73.1 Å². The summed E-state index contributed by atoms with van der Waals surface area (Å²) in [6, 6.07) is 0. The Morgan fingerprint density at radius 3 is 1.64 bits per heavy atom. The smallest absolute Gasteiger partial charge is 0.330 e. The van der Waals surface area contributed by atoms with Gasteiger partial charge in [0.05, 0.1) is 0 Å². The minimum atomic E-state index is -0.371. The van der Waals surface area contributed by atoms with Gasteiger partial charge in [0.15, 0.2) is 0 Å². The SMILES string of the molecule is C=CC(=O)OC/C=C(\C)CC/C=C(\C)CC/C=C(\C)CCC=C(C)C. The molecule has 0 amide bonds. The van der Waals surface area contributed by atoms with Crippen LogP contribution in [0, 0.1) is 0 Å². The second kappa shape index (κ2) is 14.5. The molecule has 0 aromatic rings. The molecule has 0 fully saturated rings. The Balaban J connectivity index is 4.01. The number of hydrogen-bond donors (Lipinski definition) is 0. The number of esters is 1. The third kappa shape index (κ3) is 15.4. The third-order valence-electron chi connectivity index (χ3n) is 3.98. The van der Waals surface area contributed by atoms with E-state index in [1.807, 2.05) is 6.08 Å². The van der Waals surface area contributed by atoms with Crippen molar-refractivity contribution in [3.05, 3.63) is 59.3 Å². The van der Waals surface area contributed by atoms with Crippen LogP contribution in [0.25, 0.3) is 0 Å². The maximum absolute atomic E-state index is 10.9. The summed E-state index contributed by atoms with van der Waals surface area (Å²) in [5.41, 5.74) is 5.57. The zero-order valence-electron chi connectivity index (χ0n) is 16.9. The maximum atomic E-state index is 10.9. The van der Waals surface area contributed by atoms with Crippen LogP contribution < -0.4 is 0 Å². The predicted molar refractivity (Wildman–Crippen MR) is 110 cm³/mol. The fourth-order valence-corrected chi connectivity index (χ4v) is 2.31. The lowest BCUT2D eigenvalue weighted by Crippen LogP contribution is -1.99. The fraction of sp³-hybridized carbons (Fsp3) is 0.522. The van der Waals surface area contributed by atoms with Crippen molar-refractivity contribution in [2.45, 2.75) is 73.1 Å². The summed E-state index contributed by atoms with van der Waals surface area (Å²) in [4.78, 5) is 10.9. The summed E-state index contributed by atoms with van der Waals surface area (Å²) in [6.45, 7) is 14.5. The molecule has 2 heteroatoms. The van der Waals surface area contributed by atoms with E-state index in [1.54, 1.807) is 0 Å². The molecule has 2 nitrogen and oxygen atoms in total. The second-order valence-electron chi connectivity index (χ2n) is 6.88. The highest BCUT2D eigenvalue weighted by atomic mass is 16.5. The molecule has 0 atom stereocenters. The van der Waals surface area contributed by atoms with Crippen molar-refractivity contribution in [2.75, 3.05) is 6.61 Å². The third-order valence-corrected chi connectivity index (χ3v) is 3.98. The van der Waals surface area contributed by atoms with Crippen molar-refractivity contribution < 1.29 is 9.53 Å². The van der Waals surface area contributed by atoms with Gasteiger partial charge in [0.1, 0.15) is 6.61 Å². The second-order valence-corrected chi connectivity index (χ2v) is 6.88. The zero-order chi connectivity index (χ0) is 19.1. The molecule has 0 aliphatic rings. The fourth-order valence-electron chi connectivity index (χ4n) is 2.31. The van der Waals surface area contributed by atoms with E-state index in [4.69, 9.17) is 4.74 Å². The Morgan fingerprint density at radius 2 is 1.20 bits per heavy atom. The molecule has 0 spiro atoms. The molecule has 0 rings (SSSR count). The molecule has 0 heterocycles. The van der Waals surface area contributed by atoms with Gasteiger partial charge in [-0.3, -0.25) is 0 Å². The van der Waals surface area contributed by atoms with E-state index in [-0.39, 0.29) is 5.97 Å². The molecule has 0 saturated carbocycles. The predicted octanol–water partition coefficient (Wildman–Crippen LogP) is 6.86. The Morgan fingerprint density at radius 1 is 0.760 bits per heavy atom. The molecular weight excluding hydrogens is 308 g/mol. The van der Waals surface area contributed by atoms with Crippen molar-refractivity contribution in [1.29, 1.82) is 0 Å². The van der Waals surface area contributed by atoms with Gasteiger partial charge in [-0.05, 0) is 79.2 Å². The molecule has 0 N–H and O–H groups in total. The lowest BCUT2D eigenvalue weighted by Gasteiger charge is -2.03. The summed E-state index contributed by atoms with van der Waals surface area (Å²) in [6.07, 6.45) is 16.7. The molecule has 0 aliphatic heterocycles. The van der Waals surface area contributed by atoms with Gasteiger partial charge in [-0.1, -0.05) is 47.1 Å². The lowest BCUT2D eigenvalue weighted by molar-refractivity contribution is -0.136. The quantitative estimate of drug-likeness (QED) is 0.219. The largest absolute Gasteiger partial charge is 0.458 e. The first-order valence-electron chi connectivity index (χ1n) is 9.24. The Bertz CT molecular complexity index is 526. The van der Waals surface area contributed by atoms with Crippen LogP contribution in [0.5, 0.6) is 0 Å². The molecule has 0 radical (unpaired) electrons. The maximum Gasteiger partial charge on any atom is 0.330 e. The van der Waals surface area contributed by atoms with Crippen LogP contribution in [0.4, 0.5) is 0 Å². The first-order valence-corrected chi connectivity index (χ1v) is 9.24. The van der Waals surface area contributed by atoms with E-state index in [9.17, 15) is 4.79 Å². The highest BCUT2D eigenvalue weighted by Crippen LogP contribution is 2.13. The van der Waals surface area contributed by atoms with Gasteiger partial charge in [-0.15, -0.1) is 0 Å². The Kier molecular flexibility index (Phi) is 13.4. The van der Waals surface area contributed by atoms with Gasteiger partial charge in [-0.2, -0.15) is 0 Å². The van der Waals surface area contributed by atoms with Crippen LogP contribution >= 0.6 is 0 Å². The monoisotopic (exact) mass is 344 g/mol. The van der Waals surface area contributed by atoms with Crippen molar-refractivity contribution in [3.8, 4) is 0 Å². The molecule has 0 bridgehead atoms. The average molecular weight is 345 g/mol. The summed E-state index contributed by atoms with van der Waals surface area (Å²) in [7, 11) is 0. The molecule has 0 aromatic carbocycles. The van der Waals surface area contributed by atoms with E-state index >= 15 is 0 Å². The number of hydrogen-bond acceptors (Lipinski definition) is 2. The van der Waals surface area contributed by atoms with Crippen molar-refractivity contribution in [1.82, 2.24) is 0 Å². The topological polar surface area (TPSA) is 26.3 Å². The minimum Gasteiger partial charge on any atom is -0.458 e. The van der Waals surface area contributed by atoms with Crippen LogP contribution in [0.2, 0.25) is 0 Å². The molecule has 0 unspecified atom stereocenters. The minimum absolute atomic E-state index is 0.330. The number of ether oxygens (including phenoxy) is 1. The number of rotatable bonds is 12. The van der Waals surface area contributed by atoms with Crippen molar-refractivity contribution in [3.63, 3.8) is 0 Å². The lowest BCUT2D eigenvalue weighted by atomic mass is 10.0. The van der Waals surface area contributed by atoms with E-state index in [0.717, 1.165) is 38.5 Å². The molecule has 25 heavy (non-hydrogen) atoms. The van der Waals surface area contributed by atoms with Gasteiger partial charge in [0.25, 0.3) is 0 Å². The normalized spacial score (nSPS) is 12.8. The summed E-state index contributed by atoms with van der Waals surface area (Å²) in [5.74, 6) is -0.371. The van der Waals surface area contributed by atoms with Crippen molar-refractivity contribution in [2.24, 2.45) is 0 Å². The molecule has 0 aliphatic carbocycles. The molecular formula is C23H36O2. The average Bonchev–Trinajstić information content (AvgIpc) is 2.54. The van der Waals surface area contributed by atoms with Gasteiger partial charge in [0, 0.05) is 6.08 Å². The summed E-state index contributed by atoms with van der Waals surface area (Å²) < 4.78 is 4.95. The first kappa shape index (κ1) is 23.2. The van der Waals surface area contributed by atoms with Gasteiger partial charge in [-0.25, -0.2) is 4.79 Å². The number of allylic oxidation sites excluding steroid dienone is 7. The Hall–Kier alpha value is -1.83. The van der Waals surface area contributed by atoms with E-state index in [1.165, 1.54) is 28.4 Å². The van der Waals surface area contributed by atoms with E-state index in [2.05, 4.69) is 59.4 Å². The molecule has 140 valence electrons. The highest BCUT2D eigenvalue weighted by molar-refractivity contribution is 5.81. The Labute approximate surface area is 155 Å². The van der Waals surface area contributed by atoms with Crippen LogP contribution in [-0.4, -0.2) is 12.6 Å². The van der Waals surface area contributed by atoms with Crippen molar-refractivity contribution >= 4 is 5.97 Å². The highest BCUT2D eigenvalue weighted by Gasteiger charge is 1.95. The van der Waals surface area contributed by atoms with E-state index < -0.39 is 0 Å². The molecule has 0 aromatic heterocycles.